The minimum Gasteiger partial charge on any atom is -0.244 e. The molecule has 0 nitrogen and oxygen atoms in total. The highest BCUT2D eigenvalue weighted by Gasteiger charge is 2.28. The molecule has 0 saturated carbocycles. The summed E-state index contributed by atoms with van der Waals surface area (Å²) in [6, 6.07) is 0. The first-order chi connectivity index (χ1) is 5.09. The van der Waals surface area contributed by atoms with Crippen molar-refractivity contribution in [3.05, 3.63) is 12.7 Å². The predicted octanol–water partition coefficient (Wildman–Crippen LogP) is 2.89. The van der Waals surface area contributed by atoms with Crippen LogP contribution in [0.3, 0.4) is 0 Å². The first-order valence-electron chi connectivity index (χ1n) is 3.26. The van der Waals surface area contributed by atoms with Gasteiger partial charge in [-0.1, -0.05) is 6.08 Å². The number of hydrogen-bond acceptors (Lipinski definition) is 0. The summed E-state index contributed by atoms with van der Waals surface area (Å²) in [7, 11) is 0. The molecule has 0 heterocycles. The molecule has 2 unspecified atom stereocenters. The first kappa shape index (κ1) is 10.5. The SMILES string of the molecule is C=CCCC(F)C(F)C(F)F. The van der Waals surface area contributed by atoms with Crippen molar-refractivity contribution in [1.82, 2.24) is 0 Å². The van der Waals surface area contributed by atoms with Crippen LogP contribution in [0, 0.1) is 0 Å². The third-order valence-corrected chi connectivity index (χ3v) is 1.23. The van der Waals surface area contributed by atoms with Gasteiger partial charge in [-0.15, -0.1) is 6.58 Å². The van der Waals surface area contributed by atoms with Crippen LogP contribution in [0.1, 0.15) is 12.8 Å². The summed E-state index contributed by atoms with van der Waals surface area (Å²) in [6.45, 7) is 3.26. The second-order valence-electron chi connectivity index (χ2n) is 2.16. The van der Waals surface area contributed by atoms with E-state index in [1.165, 1.54) is 6.08 Å². The van der Waals surface area contributed by atoms with E-state index in [2.05, 4.69) is 6.58 Å². The summed E-state index contributed by atoms with van der Waals surface area (Å²) in [5, 5.41) is 0. The fourth-order valence-corrected chi connectivity index (χ4v) is 0.594. The molecule has 0 saturated heterocycles. The molecular weight excluding hydrogens is 160 g/mol. The van der Waals surface area contributed by atoms with Crippen LogP contribution in [0.2, 0.25) is 0 Å². The van der Waals surface area contributed by atoms with E-state index in [1.54, 1.807) is 0 Å². The lowest BCUT2D eigenvalue weighted by molar-refractivity contribution is 0.00151. The van der Waals surface area contributed by atoms with Crippen molar-refractivity contribution in [2.24, 2.45) is 0 Å². The van der Waals surface area contributed by atoms with Gasteiger partial charge in [-0.05, 0) is 12.8 Å². The highest BCUT2D eigenvalue weighted by molar-refractivity contribution is 4.75. The van der Waals surface area contributed by atoms with Gasteiger partial charge < -0.3 is 0 Å². The summed E-state index contributed by atoms with van der Waals surface area (Å²) in [5.74, 6) is 0. The zero-order valence-corrected chi connectivity index (χ0v) is 5.94. The van der Waals surface area contributed by atoms with Crippen LogP contribution >= 0.6 is 0 Å². The van der Waals surface area contributed by atoms with Gasteiger partial charge in [0.1, 0.15) is 6.17 Å². The molecule has 0 aliphatic rings. The van der Waals surface area contributed by atoms with E-state index in [0.29, 0.717) is 0 Å². The number of halogens is 4. The van der Waals surface area contributed by atoms with E-state index in [-0.39, 0.29) is 12.8 Å². The molecule has 0 rings (SSSR count). The van der Waals surface area contributed by atoms with Crippen molar-refractivity contribution in [2.45, 2.75) is 31.6 Å². The highest BCUT2D eigenvalue weighted by Crippen LogP contribution is 2.17. The molecular formula is C7H10F4. The zero-order valence-electron chi connectivity index (χ0n) is 5.94. The van der Waals surface area contributed by atoms with Crippen molar-refractivity contribution < 1.29 is 17.6 Å². The van der Waals surface area contributed by atoms with E-state index >= 15 is 0 Å². The second-order valence-corrected chi connectivity index (χ2v) is 2.16. The average Bonchev–Trinajstić information content (AvgIpc) is 1.98. The molecule has 11 heavy (non-hydrogen) atoms. The van der Waals surface area contributed by atoms with Crippen molar-refractivity contribution in [3.8, 4) is 0 Å². The van der Waals surface area contributed by atoms with Gasteiger partial charge in [0.2, 0.25) is 0 Å². The third-order valence-electron chi connectivity index (χ3n) is 1.23. The van der Waals surface area contributed by atoms with E-state index < -0.39 is 18.8 Å². The standard InChI is InChI=1S/C7H10F4/c1-2-3-4-5(8)6(9)7(10)11/h2,5-7H,1,3-4H2. The highest BCUT2D eigenvalue weighted by atomic mass is 19.3. The van der Waals surface area contributed by atoms with Gasteiger partial charge in [0, 0.05) is 0 Å². The van der Waals surface area contributed by atoms with Gasteiger partial charge in [-0.3, -0.25) is 0 Å². The summed E-state index contributed by atoms with van der Waals surface area (Å²) < 4.78 is 47.3. The Bertz CT molecular complexity index is 113. The van der Waals surface area contributed by atoms with Crippen LogP contribution in [0.15, 0.2) is 12.7 Å². The van der Waals surface area contributed by atoms with Crippen LogP contribution < -0.4 is 0 Å². The maximum Gasteiger partial charge on any atom is 0.272 e. The average molecular weight is 170 g/mol. The largest absolute Gasteiger partial charge is 0.272 e. The van der Waals surface area contributed by atoms with E-state index in [0.717, 1.165) is 0 Å². The Hall–Kier alpha value is -0.540. The molecule has 0 aromatic rings. The monoisotopic (exact) mass is 170 g/mol. The summed E-state index contributed by atoms with van der Waals surface area (Å²) in [4.78, 5) is 0. The van der Waals surface area contributed by atoms with Crippen molar-refractivity contribution in [3.63, 3.8) is 0 Å². The van der Waals surface area contributed by atoms with Crippen LogP contribution in [-0.4, -0.2) is 18.8 Å². The van der Waals surface area contributed by atoms with E-state index in [9.17, 15) is 17.6 Å². The molecule has 0 N–H and O–H groups in total. The topological polar surface area (TPSA) is 0 Å². The fourth-order valence-electron chi connectivity index (χ4n) is 0.594. The minimum absolute atomic E-state index is 0.217. The molecule has 0 amide bonds. The number of allylic oxidation sites excluding steroid dienone is 1. The summed E-state index contributed by atoms with van der Waals surface area (Å²) >= 11 is 0. The minimum atomic E-state index is -3.23. The van der Waals surface area contributed by atoms with Crippen LogP contribution in [0.4, 0.5) is 17.6 Å². The lowest BCUT2D eigenvalue weighted by Crippen LogP contribution is -2.24. The molecule has 2 atom stereocenters. The Morgan fingerprint density at radius 2 is 1.73 bits per heavy atom. The van der Waals surface area contributed by atoms with E-state index in [4.69, 9.17) is 0 Å². The normalized spacial score (nSPS) is 16.5. The summed E-state index contributed by atoms with van der Waals surface area (Å²) in [5.41, 5.74) is 0. The van der Waals surface area contributed by atoms with Crippen molar-refractivity contribution >= 4 is 0 Å². The number of hydrogen-bond donors (Lipinski definition) is 0. The van der Waals surface area contributed by atoms with Gasteiger partial charge in [-0.25, -0.2) is 17.6 Å². The molecule has 0 aromatic carbocycles. The first-order valence-corrected chi connectivity index (χ1v) is 3.26. The molecule has 0 fully saturated rings. The fraction of sp³-hybridized carbons (Fsp3) is 0.714. The quantitative estimate of drug-likeness (QED) is 0.439. The second kappa shape index (κ2) is 5.16. The van der Waals surface area contributed by atoms with Gasteiger partial charge in [0.25, 0.3) is 6.43 Å². The van der Waals surface area contributed by atoms with E-state index in [1.807, 2.05) is 0 Å². The Kier molecular flexibility index (Phi) is 4.90. The molecule has 66 valence electrons. The molecule has 0 aliphatic carbocycles. The van der Waals surface area contributed by atoms with Crippen molar-refractivity contribution in [2.75, 3.05) is 0 Å². The Balaban J connectivity index is 3.63. The Labute approximate surface area is 62.9 Å². The van der Waals surface area contributed by atoms with Crippen molar-refractivity contribution in [1.29, 1.82) is 0 Å². The lowest BCUT2D eigenvalue weighted by Gasteiger charge is -2.10. The predicted molar refractivity (Wildman–Crippen MR) is 35.2 cm³/mol. The third kappa shape index (κ3) is 4.01. The maximum absolute atomic E-state index is 12.3. The van der Waals surface area contributed by atoms with Crippen LogP contribution in [0.5, 0.6) is 0 Å². The Morgan fingerprint density at radius 1 is 1.18 bits per heavy atom. The van der Waals surface area contributed by atoms with Crippen LogP contribution in [-0.2, 0) is 0 Å². The zero-order chi connectivity index (χ0) is 8.85. The molecule has 4 heteroatoms. The Morgan fingerprint density at radius 3 is 2.09 bits per heavy atom. The van der Waals surface area contributed by atoms with Gasteiger partial charge in [0.15, 0.2) is 6.17 Å². The van der Waals surface area contributed by atoms with Crippen LogP contribution in [0.25, 0.3) is 0 Å². The maximum atomic E-state index is 12.3. The number of alkyl halides is 4. The molecule has 0 aromatic heterocycles. The molecule has 0 radical (unpaired) electrons. The number of rotatable bonds is 5. The summed E-state index contributed by atoms with van der Waals surface area (Å²) in [6.07, 6.45) is -6.61. The van der Waals surface area contributed by atoms with Gasteiger partial charge in [-0.2, -0.15) is 0 Å². The molecule has 0 aliphatic heterocycles. The van der Waals surface area contributed by atoms with Gasteiger partial charge in [0.05, 0.1) is 0 Å². The molecule has 0 spiro atoms. The smallest absolute Gasteiger partial charge is 0.244 e. The van der Waals surface area contributed by atoms with Gasteiger partial charge >= 0.3 is 0 Å². The lowest BCUT2D eigenvalue weighted by atomic mass is 10.1. The molecule has 0 bridgehead atoms.